The van der Waals surface area contributed by atoms with E-state index in [1.54, 1.807) is 19.1 Å². The van der Waals surface area contributed by atoms with E-state index in [0.717, 1.165) is 5.56 Å². The number of aliphatic hydroxyl groups excluding tert-OH is 2. The molecule has 0 spiro atoms. The van der Waals surface area contributed by atoms with Crippen LogP contribution in [0.25, 0.3) is 0 Å². The van der Waals surface area contributed by atoms with Gasteiger partial charge in [0.15, 0.2) is 0 Å². The van der Waals surface area contributed by atoms with Crippen LogP contribution in [0.15, 0.2) is 12.1 Å². The number of hydrogen-bond acceptors (Lipinski definition) is 5. The Bertz CT molecular complexity index is 353. The lowest BCUT2D eigenvalue weighted by Gasteiger charge is -2.17. The van der Waals surface area contributed by atoms with E-state index in [4.69, 9.17) is 16.6 Å². The summed E-state index contributed by atoms with van der Waals surface area (Å²) in [5.74, 6) is 0. The first-order valence-corrected chi connectivity index (χ1v) is 5.24. The lowest BCUT2D eigenvalue weighted by molar-refractivity contribution is 0.198. The molecule has 1 unspecified atom stereocenters. The molecular weight excluding hydrogens is 206 g/mol. The Kier molecular flexibility index (Phi) is 4.54. The van der Waals surface area contributed by atoms with Crippen molar-refractivity contribution in [2.24, 2.45) is 0 Å². The molecule has 0 radical (unpaired) electrons. The van der Waals surface area contributed by atoms with Crippen molar-refractivity contribution in [3.8, 4) is 0 Å². The Balaban J connectivity index is 2.98. The van der Waals surface area contributed by atoms with E-state index in [1.165, 1.54) is 0 Å². The molecule has 1 aromatic rings. The summed E-state index contributed by atoms with van der Waals surface area (Å²) in [5.41, 5.74) is 14.2. The van der Waals surface area contributed by atoms with E-state index in [9.17, 15) is 5.11 Å². The predicted molar refractivity (Wildman–Crippen MR) is 64.7 cm³/mol. The molecule has 90 valence electrons. The fourth-order valence-corrected chi connectivity index (χ4v) is 1.68. The SMILES string of the molecule is CC(O)c1c(N)ccc(N)c1CNCCO. The quantitative estimate of drug-likeness (QED) is 0.358. The van der Waals surface area contributed by atoms with Crippen LogP contribution in [-0.4, -0.2) is 23.4 Å². The molecule has 0 saturated heterocycles. The Morgan fingerprint density at radius 1 is 1.31 bits per heavy atom. The van der Waals surface area contributed by atoms with Crippen molar-refractivity contribution in [3.05, 3.63) is 23.3 Å². The zero-order valence-corrected chi connectivity index (χ0v) is 9.40. The van der Waals surface area contributed by atoms with Gasteiger partial charge in [-0.3, -0.25) is 0 Å². The van der Waals surface area contributed by atoms with Gasteiger partial charge in [-0.05, 0) is 24.6 Å². The van der Waals surface area contributed by atoms with Crippen molar-refractivity contribution in [2.75, 3.05) is 24.6 Å². The third kappa shape index (κ3) is 2.85. The number of nitrogens with one attached hydrogen (secondary N) is 1. The maximum absolute atomic E-state index is 9.65. The zero-order valence-electron chi connectivity index (χ0n) is 9.40. The molecule has 0 saturated carbocycles. The van der Waals surface area contributed by atoms with Crippen molar-refractivity contribution in [1.29, 1.82) is 0 Å². The van der Waals surface area contributed by atoms with Crippen LogP contribution in [0.4, 0.5) is 11.4 Å². The maximum Gasteiger partial charge on any atom is 0.0785 e. The largest absolute Gasteiger partial charge is 0.398 e. The standard InChI is InChI=1S/C11H19N3O2/c1-7(16)11-8(6-14-4-5-15)9(12)2-3-10(11)13/h2-3,7,14-16H,4-6,12-13H2,1H3. The lowest BCUT2D eigenvalue weighted by Crippen LogP contribution is -2.20. The molecule has 1 rings (SSSR count). The van der Waals surface area contributed by atoms with E-state index in [1.807, 2.05) is 0 Å². The molecule has 1 atom stereocenters. The highest BCUT2D eigenvalue weighted by molar-refractivity contribution is 5.62. The Labute approximate surface area is 95.1 Å². The minimum Gasteiger partial charge on any atom is -0.398 e. The van der Waals surface area contributed by atoms with Gasteiger partial charge >= 0.3 is 0 Å². The second kappa shape index (κ2) is 5.69. The van der Waals surface area contributed by atoms with E-state index < -0.39 is 6.10 Å². The second-order valence-electron chi connectivity index (χ2n) is 3.71. The predicted octanol–water partition coefficient (Wildman–Crippen LogP) is -0.0138. The third-order valence-corrected chi connectivity index (χ3v) is 2.44. The Morgan fingerprint density at radius 3 is 2.50 bits per heavy atom. The average Bonchev–Trinajstić information content (AvgIpc) is 2.23. The van der Waals surface area contributed by atoms with Gasteiger partial charge in [0.2, 0.25) is 0 Å². The summed E-state index contributed by atoms with van der Waals surface area (Å²) in [6.07, 6.45) is -0.658. The average molecular weight is 225 g/mol. The molecule has 5 nitrogen and oxygen atoms in total. The van der Waals surface area contributed by atoms with Gasteiger partial charge in [-0.15, -0.1) is 0 Å². The summed E-state index contributed by atoms with van der Waals surface area (Å²) in [6, 6.07) is 3.41. The minimum absolute atomic E-state index is 0.0617. The van der Waals surface area contributed by atoms with Gasteiger partial charge in [-0.2, -0.15) is 0 Å². The molecule has 0 amide bonds. The lowest BCUT2D eigenvalue weighted by atomic mass is 9.99. The molecule has 0 bridgehead atoms. The highest BCUT2D eigenvalue weighted by atomic mass is 16.3. The fourth-order valence-electron chi connectivity index (χ4n) is 1.68. The van der Waals surface area contributed by atoms with Crippen molar-refractivity contribution in [3.63, 3.8) is 0 Å². The molecule has 16 heavy (non-hydrogen) atoms. The van der Waals surface area contributed by atoms with E-state index >= 15 is 0 Å². The second-order valence-corrected chi connectivity index (χ2v) is 3.71. The summed E-state index contributed by atoms with van der Waals surface area (Å²) < 4.78 is 0. The summed E-state index contributed by atoms with van der Waals surface area (Å²) in [5, 5.41) is 21.4. The van der Waals surface area contributed by atoms with Gasteiger partial charge in [0.05, 0.1) is 12.7 Å². The van der Waals surface area contributed by atoms with Crippen LogP contribution in [0.3, 0.4) is 0 Å². The zero-order chi connectivity index (χ0) is 12.1. The molecule has 5 heteroatoms. The normalized spacial score (nSPS) is 12.7. The maximum atomic E-state index is 9.65. The highest BCUT2D eigenvalue weighted by Crippen LogP contribution is 2.28. The van der Waals surface area contributed by atoms with Gasteiger partial charge in [-0.1, -0.05) is 0 Å². The first-order chi connectivity index (χ1) is 7.57. The summed E-state index contributed by atoms with van der Waals surface area (Å²) in [6.45, 7) is 2.68. The van der Waals surface area contributed by atoms with Crippen LogP contribution < -0.4 is 16.8 Å². The van der Waals surface area contributed by atoms with Gasteiger partial charge in [0, 0.05) is 30.0 Å². The number of nitrogen functional groups attached to an aromatic ring is 2. The van der Waals surface area contributed by atoms with Crippen LogP contribution in [0.1, 0.15) is 24.2 Å². The van der Waals surface area contributed by atoms with E-state index in [0.29, 0.717) is 30.0 Å². The van der Waals surface area contributed by atoms with Gasteiger partial charge in [0.25, 0.3) is 0 Å². The number of nitrogens with two attached hydrogens (primary N) is 2. The van der Waals surface area contributed by atoms with Crippen molar-refractivity contribution >= 4 is 11.4 Å². The third-order valence-electron chi connectivity index (χ3n) is 2.44. The number of hydrogen-bond donors (Lipinski definition) is 5. The molecule has 0 aliphatic rings. The number of anilines is 2. The van der Waals surface area contributed by atoms with Crippen LogP contribution in [-0.2, 0) is 6.54 Å². The fraction of sp³-hybridized carbons (Fsp3) is 0.455. The monoisotopic (exact) mass is 225 g/mol. The van der Waals surface area contributed by atoms with E-state index in [-0.39, 0.29) is 6.61 Å². The first-order valence-electron chi connectivity index (χ1n) is 5.24. The molecule has 7 N–H and O–H groups in total. The van der Waals surface area contributed by atoms with Gasteiger partial charge < -0.3 is 27.0 Å². The first kappa shape index (κ1) is 12.8. The molecule has 0 aromatic heterocycles. The number of rotatable bonds is 5. The highest BCUT2D eigenvalue weighted by Gasteiger charge is 2.14. The van der Waals surface area contributed by atoms with Gasteiger partial charge in [-0.25, -0.2) is 0 Å². The van der Waals surface area contributed by atoms with Crippen molar-refractivity contribution in [2.45, 2.75) is 19.6 Å². The topological polar surface area (TPSA) is 105 Å². The minimum atomic E-state index is -0.658. The Morgan fingerprint density at radius 2 is 1.94 bits per heavy atom. The van der Waals surface area contributed by atoms with Crippen LogP contribution in [0, 0.1) is 0 Å². The van der Waals surface area contributed by atoms with Gasteiger partial charge in [0.1, 0.15) is 0 Å². The molecule has 0 aliphatic carbocycles. The van der Waals surface area contributed by atoms with Crippen molar-refractivity contribution in [1.82, 2.24) is 5.32 Å². The van der Waals surface area contributed by atoms with Crippen LogP contribution in [0.2, 0.25) is 0 Å². The number of aliphatic hydroxyl groups is 2. The van der Waals surface area contributed by atoms with E-state index in [2.05, 4.69) is 5.32 Å². The summed E-state index contributed by atoms with van der Waals surface area (Å²) in [7, 11) is 0. The number of benzene rings is 1. The summed E-state index contributed by atoms with van der Waals surface area (Å²) >= 11 is 0. The smallest absolute Gasteiger partial charge is 0.0785 e. The molecule has 0 heterocycles. The molecular formula is C11H19N3O2. The molecule has 1 aromatic carbocycles. The van der Waals surface area contributed by atoms with Crippen LogP contribution in [0.5, 0.6) is 0 Å². The Hall–Kier alpha value is -1.30. The molecule has 0 fully saturated rings. The molecule has 0 aliphatic heterocycles. The van der Waals surface area contributed by atoms with Crippen molar-refractivity contribution < 1.29 is 10.2 Å². The summed E-state index contributed by atoms with van der Waals surface area (Å²) in [4.78, 5) is 0. The van der Waals surface area contributed by atoms with Crippen LogP contribution >= 0.6 is 0 Å².